The first-order valence-electron chi connectivity index (χ1n) is 9.04. The first-order chi connectivity index (χ1) is 12.2. The number of hydrogen-bond donors (Lipinski definition) is 1. The Balaban J connectivity index is 2.10. The fourth-order valence-corrected chi connectivity index (χ4v) is 7.80. The molecule has 0 radical (unpaired) electrons. The molecule has 1 aromatic carbocycles. The van der Waals surface area contributed by atoms with E-state index in [1.165, 1.54) is 0 Å². The number of ether oxygens (including phenoxy) is 1. The van der Waals surface area contributed by atoms with Gasteiger partial charge in [0.25, 0.3) is 0 Å². The van der Waals surface area contributed by atoms with Crippen molar-refractivity contribution < 1.29 is 21.6 Å². The maximum absolute atomic E-state index is 13.0. The summed E-state index contributed by atoms with van der Waals surface area (Å²) in [7, 11) is -7.09. The van der Waals surface area contributed by atoms with Crippen molar-refractivity contribution in [2.24, 2.45) is 0 Å². The minimum atomic E-state index is -3.71. The largest absolute Gasteiger partial charge is 0.379 e. The Labute approximate surface area is 157 Å². The average Bonchev–Trinajstić information content (AvgIpc) is 2.90. The van der Waals surface area contributed by atoms with E-state index < -0.39 is 31.0 Å². The number of hydrogen-bond acceptors (Lipinski definition) is 6. The van der Waals surface area contributed by atoms with Gasteiger partial charge in [-0.25, -0.2) is 16.8 Å². The number of nitrogens with one attached hydrogen (secondary N) is 1. The Morgan fingerprint density at radius 1 is 1.19 bits per heavy atom. The Morgan fingerprint density at radius 3 is 2.42 bits per heavy atom. The molecule has 8 heteroatoms. The highest BCUT2D eigenvalue weighted by molar-refractivity contribution is 7.96. The van der Waals surface area contributed by atoms with Crippen LogP contribution in [-0.4, -0.2) is 58.9 Å². The van der Waals surface area contributed by atoms with Crippen molar-refractivity contribution in [3.8, 4) is 0 Å². The zero-order valence-corrected chi connectivity index (χ0v) is 17.3. The highest BCUT2D eigenvalue weighted by atomic mass is 32.2. The molecule has 6 nitrogen and oxygen atoms in total. The molecule has 1 saturated heterocycles. The molecule has 1 heterocycles. The van der Waals surface area contributed by atoms with E-state index >= 15 is 0 Å². The Bertz CT molecular complexity index is 785. The Kier molecular flexibility index (Phi) is 7.24. The third-order valence-corrected chi connectivity index (χ3v) is 8.70. The zero-order chi connectivity index (χ0) is 19.4. The zero-order valence-electron chi connectivity index (χ0n) is 15.6. The highest BCUT2D eigenvalue weighted by Crippen LogP contribution is 2.26. The normalized spacial score (nSPS) is 22.8. The molecule has 1 N–H and O–H groups in total. The van der Waals surface area contributed by atoms with Gasteiger partial charge < -0.3 is 10.1 Å². The van der Waals surface area contributed by atoms with Gasteiger partial charge in [-0.1, -0.05) is 19.1 Å². The topological polar surface area (TPSA) is 89.5 Å². The molecular formula is C18H29NO5S2. The van der Waals surface area contributed by atoms with Gasteiger partial charge in [-0.3, -0.25) is 0 Å². The quantitative estimate of drug-likeness (QED) is 0.630. The molecule has 1 aliphatic rings. The van der Waals surface area contributed by atoms with Crippen LogP contribution in [0.25, 0.3) is 0 Å². The summed E-state index contributed by atoms with van der Waals surface area (Å²) in [6.07, 6.45) is 1.66. The smallest absolute Gasteiger partial charge is 0.183 e. The van der Waals surface area contributed by atoms with E-state index in [-0.39, 0.29) is 22.5 Å². The molecule has 0 aromatic heterocycles. The van der Waals surface area contributed by atoms with Gasteiger partial charge in [0.1, 0.15) is 0 Å². The van der Waals surface area contributed by atoms with Crippen LogP contribution in [0, 0.1) is 0 Å². The number of sulfone groups is 2. The lowest BCUT2D eigenvalue weighted by Gasteiger charge is -2.20. The van der Waals surface area contributed by atoms with Gasteiger partial charge in [0.2, 0.25) is 0 Å². The van der Waals surface area contributed by atoms with E-state index in [2.05, 4.69) is 5.32 Å². The van der Waals surface area contributed by atoms with Gasteiger partial charge in [0.05, 0.1) is 27.8 Å². The lowest BCUT2D eigenvalue weighted by molar-refractivity contribution is 0.0768. The summed E-state index contributed by atoms with van der Waals surface area (Å²) in [6, 6.07) is 6.12. The van der Waals surface area contributed by atoms with E-state index in [4.69, 9.17) is 4.74 Å². The van der Waals surface area contributed by atoms with Crippen molar-refractivity contribution in [3.63, 3.8) is 0 Å². The van der Waals surface area contributed by atoms with Gasteiger partial charge >= 0.3 is 0 Å². The molecule has 0 saturated carbocycles. The monoisotopic (exact) mass is 403 g/mol. The van der Waals surface area contributed by atoms with Crippen LogP contribution in [-0.2, 0) is 30.8 Å². The number of aryl methyl sites for hydroxylation is 1. The van der Waals surface area contributed by atoms with Gasteiger partial charge in [-0.15, -0.1) is 0 Å². The second kappa shape index (κ2) is 8.82. The molecule has 0 spiro atoms. The molecule has 0 unspecified atom stereocenters. The summed E-state index contributed by atoms with van der Waals surface area (Å²) in [5.74, 6) is -0.472. The van der Waals surface area contributed by atoms with Gasteiger partial charge in [-0.05, 0) is 50.9 Å². The molecule has 0 aliphatic carbocycles. The summed E-state index contributed by atoms with van der Waals surface area (Å²) in [5, 5.41) is 2.17. The van der Waals surface area contributed by atoms with Gasteiger partial charge in [0, 0.05) is 12.6 Å². The minimum absolute atomic E-state index is 0.140. The molecule has 148 valence electrons. The van der Waals surface area contributed by atoms with Gasteiger partial charge in [-0.2, -0.15) is 0 Å². The fourth-order valence-electron chi connectivity index (χ4n) is 3.08. The first-order valence-corrected chi connectivity index (χ1v) is 12.4. The van der Waals surface area contributed by atoms with Crippen LogP contribution in [0.1, 0.15) is 32.8 Å². The van der Waals surface area contributed by atoms with E-state index in [1.54, 1.807) is 24.3 Å². The molecule has 2 rings (SSSR count). The highest BCUT2D eigenvalue weighted by Gasteiger charge is 2.45. The summed E-state index contributed by atoms with van der Waals surface area (Å²) >= 11 is 0. The lowest BCUT2D eigenvalue weighted by atomic mass is 10.2. The van der Waals surface area contributed by atoms with E-state index in [0.29, 0.717) is 19.6 Å². The third-order valence-electron chi connectivity index (χ3n) is 4.54. The van der Waals surface area contributed by atoms with Crippen LogP contribution < -0.4 is 5.32 Å². The van der Waals surface area contributed by atoms with Crippen LogP contribution >= 0.6 is 0 Å². The standard InChI is InChI=1S/C18H29NO5S2/c1-4-15-6-8-16(9-7-15)26(22,23)18-13-25(20,21)12-17(18)19-10-5-11-24-14(2)3/h6-9,14,17-19H,4-5,10-13H2,1-3H3/t17-,18-/m0/s1. The maximum Gasteiger partial charge on any atom is 0.183 e. The van der Waals surface area contributed by atoms with Crippen molar-refractivity contribution in [2.45, 2.75) is 55.9 Å². The molecule has 0 bridgehead atoms. The predicted molar refractivity (Wildman–Crippen MR) is 103 cm³/mol. The summed E-state index contributed by atoms with van der Waals surface area (Å²) in [5.41, 5.74) is 1.04. The van der Waals surface area contributed by atoms with Crippen molar-refractivity contribution in [3.05, 3.63) is 29.8 Å². The number of rotatable bonds is 9. The minimum Gasteiger partial charge on any atom is -0.379 e. The van der Waals surface area contributed by atoms with Crippen LogP contribution in [0.5, 0.6) is 0 Å². The molecule has 2 atom stereocenters. The summed E-state index contributed by atoms with van der Waals surface area (Å²) < 4.78 is 55.6. The first kappa shape index (κ1) is 21.3. The van der Waals surface area contributed by atoms with Crippen molar-refractivity contribution in [2.75, 3.05) is 24.7 Å². The summed E-state index contributed by atoms with van der Waals surface area (Å²) in [4.78, 5) is 0.187. The van der Waals surface area contributed by atoms with Crippen LogP contribution in [0.4, 0.5) is 0 Å². The molecular weight excluding hydrogens is 374 g/mol. The molecule has 1 fully saturated rings. The van der Waals surface area contributed by atoms with E-state index in [0.717, 1.165) is 12.0 Å². The Morgan fingerprint density at radius 2 is 1.85 bits per heavy atom. The molecule has 1 aromatic rings. The van der Waals surface area contributed by atoms with Crippen molar-refractivity contribution in [1.82, 2.24) is 5.32 Å². The third kappa shape index (κ3) is 5.52. The van der Waals surface area contributed by atoms with Crippen LogP contribution in [0.2, 0.25) is 0 Å². The predicted octanol–water partition coefficient (Wildman–Crippen LogP) is 1.59. The van der Waals surface area contributed by atoms with Crippen LogP contribution in [0.15, 0.2) is 29.2 Å². The second-order valence-electron chi connectivity index (χ2n) is 6.99. The molecule has 26 heavy (non-hydrogen) atoms. The fraction of sp³-hybridized carbons (Fsp3) is 0.667. The van der Waals surface area contributed by atoms with E-state index in [9.17, 15) is 16.8 Å². The van der Waals surface area contributed by atoms with E-state index in [1.807, 2.05) is 20.8 Å². The van der Waals surface area contributed by atoms with Crippen LogP contribution in [0.3, 0.4) is 0 Å². The number of benzene rings is 1. The lowest BCUT2D eigenvalue weighted by Crippen LogP contribution is -2.43. The maximum atomic E-state index is 13.0. The van der Waals surface area contributed by atoms with Gasteiger partial charge in [0.15, 0.2) is 19.7 Å². The second-order valence-corrected chi connectivity index (χ2v) is 11.3. The van der Waals surface area contributed by atoms with Crippen molar-refractivity contribution >= 4 is 19.7 Å². The van der Waals surface area contributed by atoms with Crippen molar-refractivity contribution in [1.29, 1.82) is 0 Å². The summed E-state index contributed by atoms with van der Waals surface area (Å²) in [6.45, 7) is 6.97. The SMILES string of the molecule is CCc1ccc(S(=O)(=O)[C@H]2CS(=O)(=O)C[C@@H]2NCCCOC(C)C)cc1. The molecule has 0 amide bonds. The Hall–Kier alpha value is -0.960. The average molecular weight is 404 g/mol. The molecule has 1 aliphatic heterocycles.